The lowest BCUT2D eigenvalue weighted by atomic mass is 10.2. The van der Waals surface area contributed by atoms with Crippen LogP contribution in [0.2, 0.25) is 0 Å². The highest BCUT2D eigenvalue weighted by Gasteiger charge is 2.41. The number of hydrogen-bond donors (Lipinski definition) is 0. The largest absolute Gasteiger partial charge is 0.497 e. The van der Waals surface area contributed by atoms with E-state index in [-0.39, 0.29) is 24.6 Å². The van der Waals surface area contributed by atoms with Crippen LogP contribution >= 0.6 is 0 Å². The van der Waals surface area contributed by atoms with Crippen LogP contribution in [0.15, 0.2) is 65.9 Å². The molecule has 2 amide bonds. The number of carbonyl (C=O) groups excluding carboxylic acids is 3. The Morgan fingerprint density at radius 3 is 2.17 bits per heavy atom. The Bertz CT molecular complexity index is 1180. The molecule has 0 aliphatic carbocycles. The summed E-state index contributed by atoms with van der Waals surface area (Å²) in [4.78, 5) is 42.6. The summed E-state index contributed by atoms with van der Waals surface area (Å²) in [7, 11) is 3.10. The van der Waals surface area contributed by atoms with Gasteiger partial charge in [-0.25, -0.2) is 14.6 Å². The van der Waals surface area contributed by atoms with Crippen molar-refractivity contribution >= 4 is 29.7 Å². The second-order valence-corrected chi connectivity index (χ2v) is 9.10. The summed E-state index contributed by atoms with van der Waals surface area (Å²) in [6.45, 7) is 5.47. The maximum absolute atomic E-state index is 12.4. The van der Waals surface area contributed by atoms with Gasteiger partial charge in [0.25, 0.3) is 6.09 Å². The normalized spacial score (nSPS) is 16.8. The van der Waals surface area contributed by atoms with Gasteiger partial charge in [0.05, 0.1) is 25.3 Å². The van der Waals surface area contributed by atoms with Gasteiger partial charge in [0.15, 0.2) is 0 Å². The third-order valence-corrected chi connectivity index (χ3v) is 5.37. The van der Waals surface area contributed by atoms with Crippen LogP contribution in [-0.2, 0) is 4.74 Å². The number of ether oxygens (including phenoxy) is 3. The number of amidine groups is 1. The molecule has 10 heteroatoms. The molecule has 1 aliphatic heterocycles. The molecule has 1 heterocycles. The molecule has 0 radical (unpaired) electrons. The SMILES string of the molecule is COc1ccc(C(=O)Oc2ccc([N+]3(C(=O)[O-])C=CN=C3CCN(C)C(=O)OC(C)(C)C)cc2)cc1. The van der Waals surface area contributed by atoms with Crippen LogP contribution in [0.4, 0.5) is 15.3 Å². The first-order chi connectivity index (χ1) is 17.0. The molecule has 3 rings (SSSR count). The quantitative estimate of drug-likeness (QED) is 0.326. The average molecular weight is 496 g/mol. The number of carbonyl (C=O) groups is 3. The molecule has 0 saturated heterocycles. The van der Waals surface area contributed by atoms with Gasteiger partial charge in [0, 0.05) is 25.7 Å². The molecule has 2 aromatic carbocycles. The van der Waals surface area contributed by atoms with Crippen LogP contribution in [0.5, 0.6) is 11.5 Å². The summed E-state index contributed by atoms with van der Waals surface area (Å²) < 4.78 is 15.0. The smallest absolute Gasteiger partial charge is 0.410 e. The Balaban J connectivity index is 1.73. The lowest BCUT2D eigenvalue weighted by Crippen LogP contribution is -2.59. The standard InChI is InChI=1S/C26H29N3O7/c1-26(2,3)36-24(31)28(4)16-14-22-27-15-17-29(22,25(32)33)19-8-12-21(13-9-19)35-23(30)18-6-10-20(34-5)11-7-18/h6-13,15,17H,14,16H2,1-5H3. The molecule has 10 nitrogen and oxygen atoms in total. The number of nitrogens with zero attached hydrogens (tertiary/aromatic N) is 3. The van der Waals surface area contributed by atoms with E-state index in [4.69, 9.17) is 14.2 Å². The van der Waals surface area contributed by atoms with Crippen LogP contribution < -0.4 is 19.1 Å². The number of quaternary nitrogens is 1. The summed E-state index contributed by atoms with van der Waals surface area (Å²) in [5.74, 6) is 0.541. The Morgan fingerprint density at radius 2 is 1.61 bits per heavy atom. The molecular formula is C26H29N3O7. The molecule has 190 valence electrons. The van der Waals surface area contributed by atoms with Crippen molar-refractivity contribution in [2.45, 2.75) is 32.8 Å². The summed E-state index contributed by atoms with van der Waals surface area (Å²) in [5.41, 5.74) is 0.0111. The maximum atomic E-state index is 12.4. The van der Waals surface area contributed by atoms with Crippen molar-refractivity contribution in [2.24, 2.45) is 4.99 Å². The number of benzene rings is 2. The Labute approximate surface area is 209 Å². The van der Waals surface area contributed by atoms with Gasteiger partial charge in [-0.3, -0.25) is 0 Å². The Morgan fingerprint density at radius 1 is 1.00 bits per heavy atom. The Hall–Kier alpha value is -4.18. The highest BCUT2D eigenvalue weighted by atomic mass is 16.6. The van der Waals surface area contributed by atoms with Gasteiger partial charge in [-0.05, 0) is 57.2 Å². The number of amides is 2. The van der Waals surface area contributed by atoms with Crippen LogP contribution in [0.1, 0.15) is 37.6 Å². The molecule has 0 N–H and O–H groups in total. The van der Waals surface area contributed by atoms with Gasteiger partial charge >= 0.3 is 12.1 Å². The molecule has 1 atom stereocenters. The lowest BCUT2D eigenvalue weighted by Gasteiger charge is -2.32. The van der Waals surface area contributed by atoms with Crippen LogP contribution in [0, 0.1) is 0 Å². The lowest BCUT2D eigenvalue weighted by molar-refractivity contribution is -0.257. The molecule has 0 bridgehead atoms. The molecule has 0 fully saturated rings. The van der Waals surface area contributed by atoms with Gasteiger partial charge in [0.1, 0.15) is 29.0 Å². The number of rotatable bonds is 7. The van der Waals surface area contributed by atoms with E-state index in [0.29, 0.717) is 17.0 Å². The summed E-state index contributed by atoms with van der Waals surface area (Å²) in [6, 6.07) is 12.5. The van der Waals surface area contributed by atoms with Gasteiger partial charge in [-0.15, -0.1) is 0 Å². The second kappa shape index (κ2) is 10.6. The predicted octanol–water partition coefficient (Wildman–Crippen LogP) is 3.71. The van der Waals surface area contributed by atoms with Crippen LogP contribution in [0.3, 0.4) is 0 Å². The van der Waals surface area contributed by atoms with Crippen molar-refractivity contribution in [2.75, 3.05) is 20.7 Å². The minimum Gasteiger partial charge on any atom is -0.497 e. The molecule has 1 aliphatic rings. The third-order valence-electron chi connectivity index (χ3n) is 5.37. The zero-order chi connectivity index (χ0) is 26.5. The highest BCUT2D eigenvalue weighted by molar-refractivity contribution is 6.10. The minimum atomic E-state index is -1.41. The molecule has 2 aromatic rings. The minimum absolute atomic E-state index is 0.158. The van der Waals surface area contributed by atoms with Gasteiger partial charge in [-0.2, -0.15) is 4.48 Å². The number of hydrogen-bond acceptors (Lipinski definition) is 8. The molecule has 0 spiro atoms. The number of carboxylic acid groups (broad SMARTS) is 1. The monoisotopic (exact) mass is 495 g/mol. The summed E-state index contributed by atoms with van der Waals surface area (Å²) in [6.07, 6.45) is 0.992. The van der Waals surface area contributed by atoms with Gasteiger partial charge < -0.3 is 29.0 Å². The zero-order valence-electron chi connectivity index (χ0n) is 20.9. The summed E-state index contributed by atoms with van der Waals surface area (Å²) in [5, 5.41) is 12.3. The van der Waals surface area contributed by atoms with Crippen molar-refractivity contribution in [3.63, 3.8) is 0 Å². The molecule has 0 saturated carbocycles. The molecule has 36 heavy (non-hydrogen) atoms. The van der Waals surface area contributed by atoms with E-state index in [1.165, 1.54) is 48.7 Å². The van der Waals surface area contributed by atoms with Gasteiger partial charge in [-0.1, -0.05) is 0 Å². The molecule has 1 unspecified atom stereocenters. The zero-order valence-corrected chi connectivity index (χ0v) is 20.9. The van der Waals surface area contributed by atoms with Crippen molar-refractivity contribution in [1.29, 1.82) is 0 Å². The van der Waals surface area contributed by atoms with E-state index in [1.807, 2.05) is 0 Å². The first-order valence-corrected chi connectivity index (χ1v) is 11.2. The van der Waals surface area contributed by atoms with E-state index >= 15 is 0 Å². The molecule has 0 aromatic heterocycles. The summed E-state index contributed by atoms with van der Waals surface area (Å²) >= 11 is 0. The average Bonchev–Trinajstić information content (AvgIpc) is 3.27. The Kier molecular flexibility index (Phi) is 7.79. The fourth-order valence-corrected chi connectivity index (χ4v) is 3.49. The molecular weight excluding hydrogens is 466 g/mol. The van der Waals surface area contributed by atoms with Crippen LogP contribution in [0.25, 0.3) is 0 Å². The van der Waals surface area contributed by atoms with Crippen molar-refractivity contribution in [1.82, 2.24) is 9.38 Å². The topological polar surface area (TPSA) is 118 Å². The third kappa shape index (κ3) is 5.89. The van der Waals surface area contributed by atoms with E-state index < -0.39 is 28.2 Å². The highest BCUT2D eigenvalue weighted by Crippen LogP contribution is 2.31. The van der Waals surface area contributed by atoms with E-state index in [1.54, 1.807) is 52.1 Å². The number of esters is 1. The van der Waals surface area contributed by atoms with E-state index in [0.717, 1.165) is 0 Å². The maximum Gasteiger partial charge on any atom is 0.410 e. The predicted molar refractivity (Wildman–Crippen MR) is 132 cm³/mol. The van der Waals surface area contributed by atoms with Crippen molar-refractivity contribution in [3.05, 3.63) is 66.5 Å². The first kappa shape index (κ1) is 26.4. The second-order valence-electron chi connectivity index (χ2n) is 9.10. The van der Waals surface area contributed by atoms with Crippen molar-refractivity contribution in [3.8, 4) is 11.5 Å². The fourth-order valence-electron chi connectivity index (χ4n) is 3.49. The van der Waals surface area contributed by atoms with Crippen molar-refractivity contribution < 1.29 is 33.7 Å². The van der Waals surface area contributed by atoms with E-state index in [9.17, 15) is 19.5 Å². The number of aliphatic imine (C=N–C) groups is 1. The van der Waals surface area contributed by atoms with E-state index in [2.05, 4.69) is 4.99 Å². The first-order valence-electron chi connectivity index (χ1n) is 11.2. The van der Waals surface area contributed by atoms with Crippen LogP contribution in [-0.4, -0.2) is 55.2 Å². The number of methoxy groups -OCH3 is 1. The van der Waals surface area contributed by atoms with Gasteiger partial charge in [0.2, 0.25) is 5.84 Å². The fraction of sp³-hybridized carbons (Fsp3) is 0.308.